The predicted molar refractivity (Wildman–Crippen MR) is 108 cm³/mol. The molecule has 5 heteroatoms. The van der Waals surface area contributed by atoms with E-state index in [0.29, 0.717) is 13.0 Å². The zero-order chi connectivity index (χ0) is 19.0. The van der Waals surface area contributed by atoms with Crippen LogP contribution in [0.1, 0.15) is 48.5 Å². The van der Waals surface area contributed by atoms with Crippen molar-refractivity contribution in [3.05, 3.63) is 53.2 Å². The van der Waals surface area contributed by atoms with Gasteiger partial charge in [-0.1, -0.05) is 18.2 Å². The second-order valence-corrected chi connectivity index (χ2v) is 7.67. The second-order valence-electron chi connectivity index (χ2n) is 7.67. The first-order valence-electron chi connectivity index (χ1n) is 9.92. The Labute approximate surface area is 160 Å². The van der Waals surface area contributed by atoms with Crippen molar-refractivity contribution in [2.24, 2.45) is 0 Å². The van der Waals surface area contributed by atoms with Crippen molar-refractivity contribution in [2.45, 2.75) is 59.0 Å². The van der Waals surface area contributed by atoms with Gasteiger partial charge in [-0.2, -0.15) is 0 Å². The number of rotatable bonds is 6. The summed E-state index contributed by atoms with van der Waals surface area (Å²) in [5, 5.41) is 4.47. The number of nitrogens with zero attached hydrogens (tertiary/aromatic N) is 3. The van der Waals surface area contributed by atoms with Crippen LogP contribution in [0, 0.1) is 13.8 Å². The van der Waals surface area contributed by atoms with Gasteiger partial charge in [0.1, 0.15) is 5.82 Å². The summed E-state index contributed by atoms with van der Waals surface area (Å²) in [5.41, 5.74) is 5.61. The predicted octanol–water partition coefficient (Wildman–Crippen LogP) is 3.71. The van der Waals surface area contributed by atoms with Gasteiger partial charge in [-0.3, -0.25) is 4.79 Å². The number of carbonyl (C=O) groups excluding carboxylic acids is 1. The highest BCUT2D eigenvalue weighted by atomic mass is 16.1. The molecule has 0 aliphatic carbocycles. The average Bonchev–Trinajstić information content (AvgIpc) is 3.20. The number of aromatic nitrogens is 3. The van der Waals surface area contributed by atoms with Gasteiger partial charge in [0, 0.05) is 49.0 Å². The summed E-state index contributed by atoms with van der Waals surface area (Å²) in [6.07, 6.45) is 7.45. The number of amides is 1. The molecule has 3 aromatic rings. The molecule has 142 valence electrons. The van der Waals surface area contributed by atoms with Crippen LogP contribution >= 0.6 is 0 Å². The molecule has 0 unspecified atom stereocenters. The van der Waals surface area contributed by atoms with Crippen molar-refractivity contribution in [3.8, 4) is 0 Å². The Kier molecular flexibility index (Phi) is 4.77. The zero-order valence-electron chi connectivity index (χ0n) is 16.5. The van der Waals surface area contributed by atoms with E-state index in [1.165, 1.54) is 40.6 Å². The van der Waals surface area contributed by atoms with Gasteiger partial charge in [0.25, 0.3) is 0 Å². The van der Waals surface area contributed by atoms with Crippen molar-refractivity contribution in [3.63, 3.8) is 0 Å². The van der Waals surface area contributed by atoms with E-state index in [1.807, 2.05) is 17.7 Å². The average molecular weight is 364 g/mol. The summed E-state index contributed by atoms with van der Waals surface area (Å²) in [5.74, 6) is 1.04. The Morgan fingerprint density at radius 3 is 2.96 bits per heavy atom. The molecule has 27 heavy (non-hydrogen) atoms. The van der Waals surface area contributed by atoms with Crippen LogP contribution in [-0.2, 0) is 24.2 Å². The molecule has 4 rings (SSSR count). The van der Waals surface area contributed by atoms with Crippen molar-refractivity contribution >= 4 is 16.8 Å². The highest BCUT2D eigenvalue weighted by Gasteiger charge is 2.19. The summed E-state index contributed by atoms with van der Waals surface area (Å²) in [4.78, 5) is 16.6. The van der Waals surface area contributed by atoms with Gasteiger partial charge < -0.3 is 14.5 Å². The number of nitrogens with one attached hydrogen (secondary N) is 1. The van der Waals surface area contributed by atoms with Gasteiger partial charge in [-0.05, 0) is 51.2 Å². The highest BCUT2D eigenvalue weighted by molar-refractivity contribution is 5.88. The first kappa shape index (κ1) is 17.8. The van der Waals surface area contributed by atoms with Crippen LogP contribution in [0.25, 0.3) is 10.9 Å². The summed E-state index contributed by atoms with van der Waals surface area (Å²) in [7, 11) is 0. The third-order valence-electron chi connectivity index (χ3n) is 5.90. The van der Waals surface area contributed by atoms with Crippen molar-refractivity contribution in [1.29, 1.82) is 0 Å². The number of benzene rings is 1. The van der Waals surface area contributed by atoms with Gasteiger partial charge in [0.15, 0.2) is 0 Å². The minimum absolute atomic E-state index is 0.0991. The quantitative estimate of drug-likeness (QED) is 0.725. The van der Waals surface area contributed by atoms with E-state index in [9.17, 15) is 4.79 Å². The molecule has 1 aromatic carbocycles. The summed E-state index contributed by atoms with van der Waals surface area (Å²) in [6, 6.07) is 6.77. The molecule has 0 saturated carbocycles. The summed E-state index contributed by atoms with van der Waals surface area (Å²) >= 11 is 0. The van der Waals surface area contributed by atoms with Crippen LogP contribution in [0.4, 0.5) is 0 Å². The molecule has 0 bridgehead atoms. The number of imidazole rings is 1. The van der Waals surface area contributed by atoms with Crippen LogP contribution in [0.15, 0.2) is 30.6 Å². The molecule has 2 aromatic heterocycles. The molecule has 1 N–H and O–H groups in total. The molecule has 5 nitrogen and oxygen atoms in total. The van der Waals surface area contributed by atoms with Crippen LogP contribution in [0.3, 0.4) is 0 Å². The number of carbonyl (C=O) groups is 1. The maximum atomic E-state index is 12.4. The van der Waals surface area contributed by atoms with E-state index in [2.05, 4.69) is 46.9 Å². The van der Waals surface area contributed by atoms with Gasteiger partial charge in [-0.25, -0.2) is 4.98 Å². The van der Waals surface area contributed by atoms with Gasteiger partial charge in [0.05, 0.1) is 5.52 Å². The SMILES string of the molecule is Cc1nccn1[C@@H](C)CC(=O)NCCc1c(C)n2c3c(cccc13)CCC2. The summed E-state index contributed by atoms with van der Waals surface area (Å²) < 4.78 is 4.52. The van der Waals surface area contributed by atoms with Crippen molar-refractivity contribution < 1.29 is 4.79 Å². The number of hydrogen-bond donors (Lipinski definition) is 1. The highest BCUT2D eigenvalue weighted by Crippen LogP contribution is 2.32. The third-order valence-corrected chi connectivity index (χ3v) is 5.90. The molecule has 1 aliphatic heterocycles. The molecule has 0 saturated heterocycles. The first-order chi connectivity index (χ1) is 13.1. The zero-order valence-corrected chi connectivity index (χ0v) is 16.5. The minimum Gasteiger partial charge on any atom is -0.356 e. The van der Waals surface area contributed by atoms with E-state index < -0.39 is 0 Å². The lowest BCUT2D eigenvalue weighted by molar-refractivity contribution is -0.121. The normalized spacial score (nSPS) is 14.5. The van der Waals surface area contributed by atoms with Crippen LogP contribution in [0.2, 0.25) is 0 Å². The van der Waals surface area contributed by atoms with E-state index in [1.54, 1.807) is 6.20 Å². The van der Waals surface area contributed by atoms with Crippen LogP contribution < -0.4 is 5.32 Å². The number of para-hydroxylation sites is 1. The number of hydrogen-bond acceptors (Lipinski definition) is 2. The van der Waals surface area contributed by atoms with Gasteiger partial charge in [0.2, 0.25) is 5.91 Å². The molecule has 1 amide bonds. The monoisotopic (exact) mass is 364 g/mol. The lowest BCUT2D eigenvalue weighted by Gasteiger charge is -2.16. The van der Waals surface area contributed by atoms with E-state index in [-0.39, 0.29) is 11.9 Å². The minimum atomic E-state index is 0.0991. The molecule has 3 heterocycles. The Morgan fingerprint density at radius 2 is 2.19 bits per heavy atom. The van der Waals surface area contributed by atoms with Crippen LogP contribution in [0.5, 0.6) is 0 Å². The van der Waals surface area contributed by atoms with Gasteiger partial charge >= 0.3 is 0 Å². The fraction of sp³-hybridized carbons (Fsp3) is 0.455. The first-order valence-corrected chi connectivity index (χ1v) is 9.92. The van der Waals surface area contributed by atoms with E-state index in [4.69, 9.17) is 0 Å². The largest absolute Gasteiger partial charge is 0.356 e. The smallest absolute Gasteiger partial charge is 0.222 e. The van der Waals surface area contributed by atoms with Crippen molar-refractivity contribution in [1.82, 2.24) is 19.4 Å². The molecular weight excluding hydrogens is 336 g/mol. The Morgan fingerprint density at radius 1 is 1.33 bits per heavy atom. The van der Waals surface area contributed by atoms with Gasteiger partial charge in [-0.15, -0.1) is 0 Å². The topological polar surface area (TPSA) is 51.9 Å². The standard InChI is InChI=1S/C22H28N4O/c1-15(25-13-11-23-17(25)3)14-21(27)24-10-9-19-16(2)26-12-5-7-18-6-4-8-20(19)22(18)26/h4,6,8,11,13,15H,5,7,9-10,12,14H2,1-3H3,(H,24,27)/t15-/m0/s1. The maximum absolute atomic E-state index is 12.4. The Hall–Kier alpha value is -2.56. The third kappa shape index (κ3) is 3.27. The lowest BCUT2D eigenvalue weighted by Crippen LogP contribution is -2.28. The molecular formula is C22H28N4O. The molecule has 0 radical (unpaired) electrons. The fourth-order valence-electron chi connectivity index (χ4n) is 4.52. The second kappa shape index (κ2) is 7.22. The van der Waals surface area contributed by atoms with Crippen LogP contribution in [-0.4, -0.2) is 26.6 Å². The Balaban J connectivity index is 1.41. The lowest BCUT2D eigenvalue weighted by atomic mass is 10.0. The van der Waals surface area contributed by atoms with E-state index in [0.717, 1.165) is 18.8 Å². The van der Waals surface area contributed by atoms with E-state index >= 15 is 0 Å². The molecule has 0 spiro atoms. The molecule has 1 atom stereocenters. The number of aryl methyl sites for hydroxylation is 3. The molecule has 1 aliphatic rings. The summed E-state index contributed by atoms with van der Waals surface area (Å²) in [6.45, 7) is 8.03. The van der Waals surface area contributed by atoms with Crippen molar-refractivity contribution in [2.75, 3.05) is 6.54 Å². The maximum Gasteiger partial charge on any atom is 0.222 e. The fourth-order valence-corrected chi connectivity index (χ4v) is 4.52. The molecule has 0 fully saturated rings. The Bertz CT molecular complexity index is 982.